The number of halogens is 1. The molecule has 0 radical (unpaired) electrons. The van der Waals surface area contributed by atoms with Gasteiger partial charge in [0.2, 0.25) is 0 Å². The number of benzene rings is 2. The van der Waals surface area contributed by atoms with Gasteiger partial charge in [0.25, 0.3) is 0 Å². The summed E-state index contributed by atoms with van der Waals surface area (Å²) in [5.74, 6) is -1.34. The van der Waals surface area contributed by atoms with E-state index in [2.05, 4.69) is 0 Å². The first kappa shape index (κ1) is 16.7. The molecule has 1 aliphatic rings. The molecule has 1 atom stereocenters. The molecular weight excluding hydrogens is 351 g/mol. The summed E-state index contributed by atoms with van der Waals surface area (Å²) in [5.41, 5.74) is 0.605. The van der Waals surface area contributed by atoms with Gasteiger partial charge < -0.3 is 5.11 Å². The van der Waals surface area contributed by atoms with Crippen LogP contribution in [0.15, 0.2) is 57.0 Å². The van der Waals surface area contributed by atoms with Gasteiger partial charge in [0.05, 0.1) is 11.3 Å². The van der Waals surface area contributed by atoms with Crippen molar-refractivity contribution in [2.75, 3.05) is 6.26 Å². The molecule has 0 aliphatic carbocycles. The van der Waals surface area contributed by atoms with E-state index >= 15 is 0 Å². The first-order valence-electron chi connectivity index (χ1n) is 7.06. The Morgan fingerprint density at radius 2 is 2.00 bits per heavy atom. The van der Waals surface area contributed by atoms with E-state index in [9.17, 15) is 17.6 Å². The Morgan fingerprint density at radius 1 is 1.25 bits per heavy atom. The molecule has 2 aromatic rings. The zero-order chi connectivity index (χ0) is 17.5. The molecule has 1 N–H and O–H groups in total. The van der Waals surface area contributed by atoms with Crippen LogP contribution in [0, 0.1) is 5.82 Å². The van der Waals surface area contributed by atoms with Gasteiger partial charge in [-0.2, -0.15) is 10.9 Å². The summed E-state index contributed by atoms with van der Waals surface area (Å²) in [4.78, 5) is 12.0. The third-order valence-corrected chi connectivity index (χ3v) is 6.92. The molecule has 126 valence electrons. The predicted molar refractivity (Wildman–Crippen MR) is 94.6 cm³/mol. The van der Waals surface area contributed by atoms with Crippen LogP contribution < -0.4 is 0 Å². The summed E-state index contributed by atoms with van der Waals surface area (Å²) in [6, 6.07) is 7.79. The Hall–Kier alpha value is -2.12. The second-order valence-electron chi connectivity index (χ2n) is 5.58. The van der Waals surface area contributed by atoms with Crippen molar-refractivity contribution in [3.8, 4) is 0 Å². The van der Waals surface area contributed by atoms with Gasteiger partial charge in [-0.3, -0.25) is 4.79 Å². The molecule has 0 saturated carbocycles. The van der Waals surface area contributed by atoms with Crippen LogP contribution in [0.2, 0.25) is 0 Å². The molecule has 3 rings (SSSR count). The first-order chi connectivity index (χ1) is 11.2. The smallest absolute Gasteiger partial charge is 0.307 e. The van der Waals surface area contributed by atoms with Gasteiger partial charge in [0, 0.05) is 11.2 Å². The van der Waals surface area contributed by atoms with Crippen molar-refractivity contribution in [2.45, 2.75) is 11.3 Å². The first-order valence-corrected chi connectivity index (χ1v) is 10.4. The van der Waals surface area contributed by atoms with Crippen molar-refractivity contribution >= 4 is 37.5 Å². The van der Waals surface area contributed by atoms with Crippen LogP contribution in [0.3, 0.4) is 0 Å². The van der Waals surface area contributed by atoms with E-state index < -0.39 is 26.7 Å². The molecule has 4 nitrogen and oxygen atoms in total. The normalized spacial score (nSPS) is 18.8. The van der Waals surface area contributed by atoms with E-state index in [1.807, 2.05) is 0 Å². The Bertz CT molecular complexity index is 1010. The number of allylic oxidation sites excluding steroid dienone is 1. The average molecular weight is 366 g/mol. The van der Waals surface area contributed by atoms with E-state index in [1.165, 1.54) is 12.1 Å². The highest BCUT2D eigenvalue weighted by Crippen LogP contribution is 2.48. The molecule has 0 spiro atoms. The standard InChI is InChI=1S/C17H15FO4S2/c1-24(21,22)14-4-5-23(10-14)16-7-11(8-17(19)20)6-12-2-3-13(18)9-15(12)16/h2-7,9-10,23H,8H2,1H3,(H,19,20). The van der Waals surface area contributed by atoms with Crippen molar-refractivity contribution in [3.05, 3.63) is 63.5 Å². The monoisotopic (exact) mass is 366 g/mol. The molecule has 0 fully saturated rings. The van der Waals surface area contributed by atoms with E-state index in [0.717, 1.165) is 16.5 Å². The lowest BCUT2D eigenvalue weighted by Crippen LogP contribution is -2.00. The quantitative estimate of drug-likeness (QED) is 0.814. The minimum absolute atomic E-state index is 0.143. The van der Waals surface area contributed by atoms with Gasteiger partial charge in [0.1, 0.15) is 5.82 Å². The van der Waals surface area contributed by atoms with E-state index in [1.54, 1.807) is 35.1 Å². The molecule has 7 heteroatoms. The van der Waals surface area contributed by atoms with Crippen LogP contribution in [0.5, 0.6) is 0 Å². The molecule has 1 aliphatic heterocycles. The van der Waals surface area contributed by atoms with Crippen molar-refractivity contribution in [3.63, 3.8) is 0 Å². The Morgan fingerprint density at radius 3 is 2.62 bits per heavy atom. The molecule has 24 heavy (non-hydrogen) atoms. The van der Waals surface area contributed by atoms with Gasteiger partial charge in [0.15, 0.2) is 9.84 Å². The van der Waals surface area contributed by atoms with Gasteiger partial charge in [-0.25, -0.2) is 12.8 Å². The largest absolute Gasteiger partial charge is 0.481 e. The molecule has 1 heterocycles. The highest BCUT2D eigenvalue weighted by molar-refractivity contribution is 8.23. The topological polar surface area (TPSA) is 71.4 Å². The lowest BCUT2D eigenvalue weighted by molar-refractivity contribution is -0.136. The van der Waals surface area contributed by atoms with Crippen LogP contribution in [-0.4, -0.2) is 25.7 Å². The second kappa shape index (κ2) is 6.07. The molecule has 0 saturated heterocycles. The van der Waals surface area contributed by atoms with Gasteiger partial charge in [-0.1, -0.05) is 12.1 Å². The van der Waals surface area contributed by atoms with Gasteiger partial charge in [-0.05, 0) is 51.4 Å². The maximum atomic E-state index is 13.7. The summed E-state index contributed by atoms with van der Waals surface area (Å²) in [6.07, 6.45) is 2.55. The van der Waals surface area contributed by atoms with Crippen LogP contribution >= 0.6 is 10.9 Å². The number of fused-ring (bicyclic) bond motifs is 1. The van der Waals surface area contributed by atoms with Crippen LogP contribution in [-0.2, 0) is 21.1 Å². The van der Waals surface area contributed by atoms with Crippen molar-refractivity contribution in [2.24, 2.45) is 0 Å². The van der Waals surface area contributed by atoms with E-state index in [0.29, 0.717) is 10.9 Å². The highest BCUT2D eigenvalue weighted by atomic mass is 32.2. The number of rotatable bonds is 4. The van der Waals surface area contributed by atoms with Crippen molar-refractivity contribution in [1.29, 1.82) is 0 Å². The summed E-state index contributed by atoms with van der Waals surface area (Å²) in [6.45, 7) is 0. The third kappa shape index (κ3) is 3.37. The number of carbonyl (C=O) groups is 1. The maximum absolute atomic E-state index is 13.7. The van der Waals surface area contributed by atoms with Crippen LogP contribution in [0.1, 0.15) is 5.56 Å². The van der Waals surface area contributed by atoms with Gasteiger partial charge >= 0.3 is 5.97 Å². The number of carboxylic acid groups (broad SMARTS) is 1. The summed E-state index contributed by atoms with van der Waals surface area (Å²) < 4.78 is 37.1. The Kier molecular flexibility index (Phi) is 4.23. The minimum atomic E-state index is -3.31. The molecular formula is C17H15FO4S2. The Balaban J connectivity index is 2.19. The number of hydrogen-bond acceptors (Lipinski definition) is 3. The number of sulfone groups is 1. The molecule has 0 amide bonds. The zero-order valence-electron chi connectivity index (χ0n) is 12.7. The Labute approximate surface area is 141 Å². The minimum Gasteiger partial charge on any atom is -0.481 e. The maximum Gasteiger partial charge on any atom is 0.307 e. The van der Waals surface area contributed by atoms with Crippen molar-refractivity contribution < 1.29 is 22.7 Å². The highest BCUT2D eigenvalue weighted by Gasteiger charge is 2.18. The number of carboxylic acids is 1. The SMILES string of the molecule is CS(=O)(=O)C1=C[SH](c2cc(CC(=O)O)cc3ccc(F)cc23)C=C1. The fourth-order valence-electron chi connectivity index (χ4n) is 2.61. The molecule has 1 unspecified atom stereocenters. The fraction of sp³-hybridized carbons (Fsp3) is 0.118. The van der Waals surface area contributed by atoms with E-state index in [4.69, 9.17) is 5.11 Å². The summed E-state index contributed by atoms with van der Waals surface area (Å²) in [7, 11) is -4.39. The molecule has 2 aromatic carbocycles. The van der Waals surface area contributed by atoms with Gasteiger partial charge in [-0.15, -0.1) is 0 Å². The number of aliphatic carboxylic acids is 1. The lowest BCUT2D eigenvalue weighted by atomic mass is 10.0. The summed E-state index contributed by atoms with van der Waals surface area (Å²) in [5, 5.41) is 13.9. The number of thiol groups is 1. The van der Waals surface area contributed by atoms with E-state index in [-0.39, 0.29) is 17.1 Å². The fourth-order valence-corrected chi connectivity index (χ4v) is 5.98. The van der Waals surface area contributed by atoms with Crippen LogP contribution in [0.4, 0.5) is 4.39 Å². The zero-order valence-corrected chi connectivity index (χ0v) is 14.4. The molecule has 0 bridgehead atoms. The molecule has 0 aromatic heterocycles. The second-order valence-corrected chi connectivity index (χ2v) is 9.45. The lowest BCUT2D eigenvalue weighted by Gasteiger charge is -2.16. The summed E-state index contributed by atoms with van der Waals surface area (Å²) >= 11 is 0. The number of hydrogen-bond donors (Lipinski definition) is 2. The third-order valence-electron chi connectivity index (χ3n) is 3.68. The average Bonchev–Trinajstić information content (AvgIpc) is 2.96. The van der Waals surface area contributed by atoms with Crippen molar-refractivity contribution in [1.82, 2.24) is 0 Å². The predicted octanol–water partition coefficient (Wildman–Crippen LogP) is 3.38. The van der Waals surface area contributed by atoms with Crippen LogP contribution in [0.25, 0.3) is 10.8 Å².